The summed E-state index contributed by atoms with van der Waals surface area (Å²) in [4.78, 5) is 9.41. The molecule has 0 aliphatic heterocycles. The molecule has 2 heterocycles. The summed E-state index contributed by atoms with van der Waals surface area (Å²) >= 11 is -0.919. The summed E-state index contributed by atoms with van der Waals surface area (Å²) in [5.41, 5.74) is 2.28. The molecule has 0 N–H and O–H groups in total. The Kier molecular flexibility index (Phi) is 11.0. The Morgan fingerprint density at radius 3 is 2.09 bits per heavy atom. The van der Waals surface area contributed by atoms with Crippen molar-refractivity contribution in [2.24, 2.45) is 0 Å². The van der Waals surface area contributed by atoms with Crippen LogP contribution in [-0.2, 0) is 6.61 Å². The van der Waals surface area contributed by atoms with E-state index < -0.39 is 21.1 Å². The molecule has 0 bridgehead atoms. The Bertz CT molecular complexity index is 1000. The predicted octanol–water partition coefficient (Wildman–Crippen LogP) is 7.22. The first kappa shape index (κ1) is 27.6. The monoisotopic (exact) mass is 587 g/mol. The van der Waals surface area contributed by atoms with E-state index in [1.807, 2.05) is 13.1 Å². The van der Waals surface area contributed by atoms with Crippen LogP contribution in [-0.4, -0.2) is 36.3 Å². The number of halogens is 1. The number of nitrogens with zero attached hydrogens (tertiary/aromatic N) is 3. The fourth-order valence-electron chi connectivity index (χ4n) is 4.38. The van der Waals surface area contributed by atoms with Gasteiger partial charge in [0.2, 0.25) is 0 Å². The van der Waals surface area contributed by atoms with Crippen molar-refractivity contribution in [1.82, 2.24) is 15.1 Å². The van der Waals surface area contributed by atoms with E-state index in [1.54, 1.807) is 18.3 Å². The van der Waals surface area contributed by atoms with Crippen LogP contribution >= 0.6 is 0 Å². The summed E-state index contributed by atoms with van der Waals surface area (Å²) in [5.74, 6) is 0.894. The number of aryl methyl sites for hydroxylation is 1. The molecule has 0 fully saturated rings. The van der Waals surface area contributed by atoms with Crippen molar-refractivity contribution in [3.63, 3.8) is 0 Å². The summed E-state index contributed by atoms with van der Waals surface area (Å²) in [7, 11) is 0. The van der Waals surface area contributed by atoms with Crippen molar-refractivity contribution < 1.29 is 13.7 Å². The molecule has 0 saturated carbocycles. The van der Waals surface area contributed by atoms with Gasteiger partial charge in [-0.25, -0.2) is 4.39 Å². The van der Waals surface area contributed by atoms with E-state index >= 15 is 0 Å². The molecule has 188 valence electrons. The molecule has 2 aromatic heterocycles. The minimum atomic E-state index is -0.919. The van der Waals surface area contributed by atoms with Crippen molar-refractivity contribution in [1.29, 1.82) is 0 Å². The van der Waals surface area contributed by atoms with Crippen LogP contribution in [0.15, 0.2) is 41.2 Å². The third kappa shape index (κ3) is 8.02. The first-order valence-corrected chi connectivity index (χ1v) is 15.8. The molecule has 3 rings (SSSR count). The van der Waals surface area contributed by atoms with Gasteiger partial charge in [0.25, 0.3) is 0 Å². The number of hydrogen-bond donors (Lipinski definition) is 0. The van der Waals surface area contributed by atoms with Crippen LogP contribution in [0.1, 0.15) is 89.9 Å². The molecule has 0 amide bonds. The number of unbranched alkanes of at least 4 members (excludes halogenated alkanes) is 3. The minimum absolute atomic E-state index is 0.267. The van der Waals surface area contributed by atoms with Gasteiger partial charge in [-0.2, -0.15) is 0 Å². The zero-order valence-corrected chi connectivity index (χ0v) is 24.4. The summed E-state index contributed by atoms with van der Waals surface area (Å²) in [6, 6.07) is 6.22. The van der Waals surface area contributed by atoms with Crippen LogP contribution in [0.3, 0.4) is 0 Å². The van der Waals surface area contributed by atoms with E-state index in [4.69, 9.17) is 14.2 Å². The molecule has 2 radical (unpaired) electrons. The predicted molar refractivity (Wildman–Crippen MR) is 140 cm³/mol. The molecule has 5 nitrogen and oxygen atoms in total. The van der Waals surface area contributed by atoms with E-state index in [0.717, 1.165) is 11.1 Å². The van der Waals surface area contributed by atoms with Crippen LogP contribution in [0, 0.1) is 12.7 Å². The maximum atomic E-state index is 13.3. The molecule has 0 aliphatic rings. The van der Waals surface area contributed by atoms with Crippen molar-refractivity contribution in [3.05, 3.63) is 53.8 Å². The van der Waals surface area contributed by atoms with Gasteiger partial charge in [-0.15, -0.1) is 0 Å². The first-order valence-electron chi connectivity index (χ1n) is 12.9. The van der Waals surface area contributed by atoms with E-state index in [9.17, 15) is 4.39 Å². The molecule has 0 atom stereocenters. The topological polar surface area (TPSA) is 61.0 Å². The average Bonchev–Trinajstić information content (AvgIpc) is 3.25. The number of rotatable bonds is 15. The zero-order valence-electron chi connectivity index (χ0n) is 21.6. The van der Waals surface area contributed by atoms with Crippen LogP contribution in [0.25, 0.3) is 11.3 Å². The van der Waals surface area contributed by atoms with Crippen LogP contribution in [0.4, 0.5) is 4.39 Å². The summed E-state index contributed by atoms with van der Waals surface area (Å²) in [6.45, 7) is 8.99. The van der Waals surface area contributed by atoms with Gasteiger partial charge in [-0.3, -0.25) is 0 Å². The second kappa shape index (κ2) is 13.9. The van der Waals surface area contributed by atoms with E-state index in [1.165, 1.54) is 73.6 Å². The molecule has 1 aromatic carbocycles. The molecule has 0 spiro atoms. The normalized spacial score (nSPS) is 11.7. The number of hydrogen-bond acceptors (Lipinski definition) is 5. The molecule has 0 unspecified atom stereocenters. The van der Waals surface area contributed by atoms with Gasteiger partial charge in [0.15, 0.2) is 0 Å². The molecule has 35 heavy (non-hydrogen) atoms. The van der Waals surface area contributed by atoms with Crippen LogP contribution in [0.2, 0.25) is 3.43 Å². The van der Waals surface area contributed by atoms with Crippen molar-refractivity contribution in [3.8, 4) is 17.1 Å². The fraction of sp³-hybridized carbons (Fsp3) is 0.536. The Hall–Kier alpha value is -1.96. The van der Waals surface area contributed by atoms with E-state index in [-0.39, 0.29) is 12.4 Å². The average molecular weight is 586 g/mol. The van der Waals surface area contributed by atoms with E-state index in [2.05, 4.69) is 30.9 Å². The Morgan fingerprint density at radius 2 is 1.54 bits per heavy atom. The van der Waals surface area contributed by atoms with Crippen molar-refractivity contribution in [2.75, 3.05) is 0 Å². The number of ether oxygens (including phenoxy) is 1. The Morgan fingerprint density at radius 1 is 0.914 bits per heavy atom. The SMILES string of the molecule is CCCC[C](CCCC)(CCCC)[Sn][c]1cnc(OCc2c(-c3ccc(F)cc3)noc2C)cn1. The maximum absolute atomic E-state index is 13.3. The third-order valence-electron chi connectivity index (χ3n) is 6.51. The molecule has 0 saturated heterocycles. The Labute approximate surface area is 219 Å². The van der Waals surface area contributed by atoms with Crippen molar-refractivity contribution >= 4 is 24.9 Å². The van der Waals surface area contributed by atoms with Gasteiger partial charge in [-0.05, 0) is 0 Å². The van der Waals surface area contributed by atoms with Crippen LogP contribution < -0.4 is 8.45 Å². The number of benzene rings is 1. The van der Waals surface area contributed by atoms with Gasteiger partial charge < -0.3 is 0 Å². The quantitative estimate of drug-likeness (QED) is 0.176. The van der Waals surface area contributed by atoms with Gasteiger partial charge in [0, 0.05) is 0 Å². The molecular weight excluding hydrogens is 548 g/mol. The van der Waals surface area contributed by atoms with Crippen molar-refractivity contribution in [2.45, 2.75) is 95.5 Å². The molecule has 7 heteroatoms. The summed E-state index contributed by atoms with van der Waals surface area (Å²) in [5, 5.41) is 4.15. The summed E-state index contributed by atoms with van der Waals surface area (Å²) in [6.07, 6.45) is 15.4. The molecular formula is C28H38FN3O2Sn. The second-order valence-electron chi connectivity index (χ2n) is 9.32. The van der Waals surface area contributed by atoms with E-state index in [0.29, 0.717) is 20.8 Å². The second-order valence-corrected chi connectivity index (χ2v) is 14.5. The van der Waals surface area contributed by atoms with Gasteiger partial charge in [-0.1, -0.05) is 0 Å². The van der Waals surface area contributed by atoms with Gasteiger partial charge in [0.05, 0.1) is 0 Å². The number of aromatic nitrogens is 3. The fourth-order valence-corrected chi connectivity index (χ4v) is 9.25. The molecule has 3 aromatic rings. The first-order chi connectivity index (χ1) is 17.0. The summed E-state index contributed by atoms with van der Waals surface area (Å²) < 4.78 is 26.4. The zero-order chi connectivity index (χ0) is 25.1. The standard InChI is InChI=1S/C15H11FN3O2.C13H27.Sn/c1-10-13(9-20-14-8-17-6-7-18-14)15(19-21-10)11-2-4-12(16)5-3-11;1-4-7-10-13(11-8-5-2)12-9-6-3;/h2-5,7-8H,9H2,1H3;4-12H2,1-3H3;. The van der Waals surface area contributed by atoms with Gasteiger partial charge >= 0.3 is 216 Å². The van der Waals surface area contributed by atoms with Gasteiger partial charge in [0.1, 0.15) is 0 Å². The third-order valence-corrected chi connectivity index (χ3v) is 11.6. The molecule has 0 aliphatic carbocycles. The van der Waals surface area contributed by atoms with Crippen LogP contribution in [0.5, 0.6) is 5.88 Å². The Balaban J connectivity index is 1.69.